The summed E-state index contributed by atoms with van der Waals surface area (Å²) in [5.74, 6) is 1.30. The molecule has 1 amide bonds. The summed E-state index contributed by atoms with van der Waals surface area (Å²) >= 11 is 0. The summed E-state index contributed by atoms with van der Waals surface area (Å²) in [6.45, 7) is 4.23. The number of anilines is 3. The fourth-order valence-corrected chi connectivity index (χ4v) is 3.24. The van der Waals surface area contributed by atoms with E-state index in [-0.39, 0.29) is 11.5 Å². The van der Waals surface area contributed by atoms with E-state index in [0.717, 1.165) is 11.4 Å². The van der Waals surface area contributed by atoms with Gasteiger partial charge in [-0.2, -0.15) is 0 Å². The maximum Gasteiger partial charge on any atom is 0.256 e. The molecule has 8 heteroatoms. The molecule has 1 aromatic carbocycles. The molecule has 3 aromatic rings. The van der Waals surface area contributed by atoms with Gasteiger partial charge in [0, 0.05) is 32.4 Å². The van der Waals surface area contributed by atoms with Crippen LogP contribution in [0.2, 0.25) is 0 Å². The lowest BCUT2D eigenvalue weighted by atomic mass is 10.1. The SMILES string of the molecule is Cc1ccnc(Nc2ccc(N3CCN(C(=O)c4ccccc4F)CC3)nn2)c1. The van der Waals surface area contributed by atoms with Crippen molar-refractivity contribution < 1.29 is 9.18 Å². The number of pyridine rings is 1. The Kier molecular flexibility index (Phi) is 5.33. The van der Waals surface area contributed by atoms with E-state index in [0.29, 0.717) is 37.8 Å². The van der Waals surface area contributed by atoms with Crippen molar-refractivity contribution in [2.45, 2.75) is 6.92 Å². The molecule has 1 aliphatic rings. The zero-order valence-corrected chi connectivity index (χ0v) is 16.0. The fraction of sp³-hybridized carbons (Fsp3) is 0.238. The minimum Gasteiger partial charge on any atom is -0.352 e. The lowest BCUT2D eigenvalue weighted by Crippen LogP contribution is -2.49. The minimum atomic E-state index is -0.489. The summed E-state index contributed by atoms with van der Waals surface area (Å²) in [6, 6.07) is 13.7. The number of nitrogens with zero attached hydrogens (tertiary/aromatic N) is 5. The number of rotatable bonds is 4. The first-order valence-electron chi connectivity index (χ1n) is 9.42. The van der Waals surface area contributed by atoms with E-state index in [9.17, 15) is 9.18 Å². The molecule has 1 fully saturated rings. The number of carbonyl (C=O) groups is 1. The predicted octanol–water partition coefficient (Wildman–Crippen LogP) is 3.03. The van der Waals surface area contributed by atoms with Crippen molar-refractivity contribution >= 4 is 23.4 Å². The number of halogens is 1. The first-order chi connectivity index (χ1) is 14.1. The summed E-state index contributed by atoms with van der Waals surface area (Å²) in [6.07, 6.45) is 1.74. The Balaban J connectivity index is 1.36. The summed E-state index contributed by atoms with van der Waals surface area (Å²) in [5.41, 5.74) is 1.22. The van der Waals surface area contributed by atoms with E-state index in [2.05, 4.69) is 25.4 Å². The zero-order valence-electron chi connectivity index (χ0n) is 16.0. The number of hydrogen-bond acceptors (Lipinski definition) is 6. The molecule has 4 rings (SSSR count). The first-order valence-corrected chi connectivity index (χ1v) is 9.42. The van der Waals surface area contributed by atoms with E-state index < -0.39 is 5.82 Å². The quantitative estimate of drug-likeness (QED) is 0.736. The molecule has 1 saturated heterocycles. The number of amides is 1. The van der Waals surface area contributed by atoms with Crippen LogP contribution in [0.3, 0.4) is 0 Å². The molecule has 1 N–H and O–H groups in total. The third-order valence-electron chi connectivity index (χ3n) is 4.82. The molecule has 0 unspecified atom stereocenters. The van der Waals surface area contributed by atoms with Crippen LogP contribution >= 0.6 is 0 Å². The van der Waals surface area contributed by atoms with Gasteiger partial charge in [0.25, 0.3) is 5.91 Å². The van der Waals surface area contributed by atoms with Crippen molar-refractivity contribution in [3.05, 3.63) is 71.7 Å². The van der Waals surface area contributed by atoms with Crippen molar-refractivity contribution in [1.82, 2.24) is 20.1 Å². The van der Waals surface area contributed by atoms with Crippen LogP contribution in [0.5, 0.6) is 0 Å². The molecule has 7 nitrogen and oxygen atoms in total. The molecule has 0 spiro atoms. The maximum atomic E-state index is 13.9. The van der Waals surface area contributed by atoms with Crippen LogP contribution in [0.1, 0.15) is 15.9 Å². The lowest BCUT2D eigenvalue weighted by molar-refractivity contribution is 0.0742. The summed E-state index contributed by atoms with van der Waals surface area (Å²) in [4.78, 5) is 20.5. The molecular formula is C21H21FN6O. The summed E-state index contributed by atoms with van der Waals surface area (Å²) in [5, 5.41) is 11.6. The number of nitrogens with one attached hydrogen (secondary N) is 1. The Morgan fingerprint density at radius 1 is 1.00 bits per heavy atom. The van der Waals surface area contributed by atoms with Gasteiger partial charge in [-0.25, -0.2) is 9.37 Å². The van der Waals surface area contributed by atoms with Crippen LogP contribution in [-0.2, 0) is 0 Å². The second-order valence-corrected chi connectivity index (χ2v) is 6.88. The van der Waals surface area contributed by atoms with E-state index >= 15 is 0 Å². The van der Waals surface area contributed by atoms with Gasteiger partial charge in [-0.05, 0) is 48.9 Å². The lowest BCUT2D eigenvalue weighted by Gasteiger charge is -2.35. The molecule has 0 bridgehead atoms. The van der Waals surface area contributed by atoms with Gasteiger partial charge in [-0.15, -0.1) is 10.2 Å². The Morgan fingerprint density at radius 3 is 2.48 bits per heavy atom. The molecular weight excluding hydrogens is 371 g/mol. The highest BCUT2D eigenvalue weighted by atomic mass is 19.1. The van der Waals surface area contributed by atoms with Crippen LogP contribution in [-0.4, -0.2) is 52.2 Å². The average Bonchev–Trinajstić information content (AvgIpc) is 2.74. The fourth-order valence-electron chi connectivity index (χ4n) is 3.24. The molecule has 0 aliphatic carbocycles. The Labute approximate surface area is 168 Å². The molecule has 0 saturated carbocycles. The second-order valence-electron chi connectivity index (χ2n) is 6.88. The Hall–Kier alpha value is -3.55. The van der Waals surface area contributed by atoms with Gasteiger partial charge in [0.2, 0.25) is 0 Å². The molecule has 148 valence electrons. The highest BCUT2D eigenvalue weighted by molar-refractivity contribution is 5.94. The smallest absolute Gasteiger partial charge is 0.256 e. The van der Waals surface area contributed by atoms with E-state index in [1.165, 1.54) is 12.1 Å². The van der Waals surface area contributed by atoms with E-state index in [4.69, 9.17) is 0 Å². The maximum absolute atomic E-state index is 13.9. The third kappa shape index (κ3) is 4.31. The standard InChI is InChI=1S/C21H21FN6O/c1-15-8-9-23-19(14-15)24-18-6-7-20(26-25-18)27-10-12-28(13-11-27)21(29)16-4-2-3-5-17(16)22/h2-9,14H,10-13H2,1H3,(H,23,24,25). The molecule has 0 atom stereocenters. The molecule has 3 heterocycles. The van der Waals surface area contributed by atoms with Crippen LogP contribution in [0.25, 0.3) is 0 Å². The average molecular weight is 392 g/mol. The van der Waals surface area contributed by atoms with E-state index in [1.54, 1.807) is 23.2 Å². The van der Waals surface area contributed by atoms with Gasteiger partial charge in [-0.1, -0.05) is 12.1 Å². The van der Waals surface area contributed by atoms with Crippen molar-refractivity contribution in [2.24, 2.45) is 0 Å². The van der Waals surface area contributed by atoms with Crippen molar-refractivity contribution in [2.75, 3.05) is 36.4 Å². The van der Waals surface area contributed by atoms with Crippen LogP contribution in [0.4, 0.5) is 21.8 Å². The number of aromatic nitrogens is 3. The van der Waals surface area contributed by atoms with Crippen LogP contribution < -0.4 is 10.2 Å². The first kappa shape index (κ1) is 18.8. The molecule has 1 aliphatic heterocycles. The Morgan fingerprint density at radius 2 is 1.79 bits per heavy atom. The predicted molar refractivity (Wildman–Crippen MR) is 109 cm³/mol. The summed E-state index contributed by atoms with van der Waals surface area (Å²) < 4.78 is 13.9. The summed E-state index contributed by atoms with van der Waals surface area (Å²) in [7, 11) is 0. The Bertz CT molecular complexity index is 1000. The number of benzene rings is 1. The third-order valence-corrected chi connectivity index (χ3v) is 4.82. The normalized spacial score (nSPS) is 14.0. The van der Waals surface area contributed by atoms with Crippen molar-refractivity contribution in [3.8, 4) is 0 Å². The van der Waals surface area contributed by atoms with Crippen LogP contribution in [0.15, 0.2) is 54.7 Å². The molecule has 0 radical (unpaired) electrons. The number of piperazine rings is 1. The highest BCUT2D eigenvalue weighted by Gasteiger charge is 2.24. The second kappa shape index (κ2) is 8.22. The van der Waals surface area contributed by atoms with Gasteiger partial charge >= 0.3 is 0 Å². The van der Waals surface area contributed by atoms with Gasteiger partial charge in [0.1, 0.15) is 11.6 Å². The molecule has 29 heavy (non-hydrogen) atoms. The number of hydrogen-bond donors (Lipinski definition) is 1. The number of carbonyl (C=O) groups excluding carboxylic acids is 1. The van der Waals surface area contributed by atoms with Gasteiger partial charge in [-0.3, -0.25) is 4.79 Å². The van der Waals surface area contributed by atoms with Gasteiger partial charge in [0.15, 0.2) is 11.6 Å². The topological polar surface area (TPSA) is 74.2 Å². The monoisotopic (exact) mass is 392 g/mol. The van der Waals surface area contributed by atoms with Gasteiger partial charge < -0.3 is 15.1 Å². The van der Waals surface area contributed by atoms with Gasteiger partial charge in [0.05, 0.1) is 5.56 Å². The highest BCUT2D eigenvalue weighted by Crippen LogP contribution is 2.18. The number of aryl methyl sites for hydroxylation is 1. The van der Waals surface area contributed by atoms with Crippen LogP contribution in [0, 0.1) is 12.7 Å². The van der Waals surface area contributed by atoms with E-state index in [1.807, 2.05) is 31.2 Å². The van der Waals surface area contributed by atoms with Crippen molar-refractivity contribution in [3.63, 3.8) is 0 Å². The van der Waals surface area contributed by atoms with Crippen molar-refractivity contribution in [1.29, 1.82) is 0 Å². The zero-order chi connectivity index (χ0) is 20.2. The largest absolute Gasteiger partial charge is 0.352 e. The molecule has 2 aromatic heterocycles. The minimum absolute atomic E-state index is 0.112.